The van der Waals surface area contributed by atoms with E-state index < -0.39 is 17.5 Å². The smallest absolute Gasteiger partial charge is 0.254 e. The molecule has 0 atom stereocenters. The van der Waals surface area contributed by atoms with Crippen LogP contribution in [0.15, 0.2) is 47.6 Å². The van der Waals surface area contributed by atoms with Crippen molar-refractivity contribution >= 4 is 29.3 Å². The summed E-state index contributed by atoms with van der Waals surface area (Å²) in [5.41, 5.74) is 1.11. The Morgan fingerprint density at radius 2 is 1.88 bits per heavy atom. The molecular weight excluding hydrogens is 436 g/mol. The Bertz CT molecular complexity index is 1130. The molecular formula is C22H23F2N5O2S. The lowest BCUT2D eigenvalue weighted by Crippen LogP contribution is -2.26. The fourth-order valence-corrected chi connectivity index (χ4v) is 3.88. The minimum Gasteiger partial charge on any atom is -0.345 e. The SMILES string of the molecule is Cc1ccc(F)cc1NC(=O)CSc1nnc(CNC(=O)c2ccccc2F)n1C(C)C. The Balaban J connectivity index is 1.64. The summed E-state index contributed by atoms with van der Waals surface area (Å²) in [5.74, 6) is -1.38. The second kappa shape index (κ2) is 10.4. The van der Waals surface area contributed by atoms with Crippen molar-refractivity contribution in [2.75, 3.05) is 11.1 Å². The molecule has 3 aromatic rings. The van der Waals surface area contributed by atoms with Gasteiger partial charge < -0.3 is 15.2 Å². The number of carbonyl (C=O) groups excluding carboxylic acids is 2. The van der Waals surface area contributed by atoms with Gasteiger partial charge in [0.05, 0.1) is 17.9 Å². The van der Waals surface area contributed by atoms with Crippen molar-refractivity contribution in [2.45, 2.75) is 38.5 Å². The van der Waals surface area contributed by atoms with Gasteiger partial charge in [0, 0.05) is 11.7 Å². The third-order valence-electron chi connectivity index (χ3n) is 4.58. The maximum atomic E-state index is 13.8. The molecule has 2 N–H and O–H groups in total. The van der Waals surface area contributed by atoms with E-state index in [1.165, 1.54) is 42.1 Å². The van der Waals surface area contributed by atoms with E-state index in [1.54, 1.807) is 23.6 Å². The molecule has 0 saturated carbocycles. The van der Waals surface area contributed by atoms with Crippen LogP contribution in [0, 0.1) is 18.6 Å². The van der Waals surface area contributed by atoms with E-state index in [-0.39, 0.29) is 29.8 Å². The summed E-state index contributed by atoms with van der Waals surface area (Å²) in [7, 11) is 0. The maximum absolute atomic E-state index is 13.8. The number of thioether (sulfide) groups is 1. The van der Waals surface area contributed by atoms with E-state index in [1.807, 2.05) is 13.8 Å². The van der Waals surface area contributed by atoms with E-state index in [0.29, 0.717) is 16.7 Å². The summed E-state index contributed by atoms with van der Waals surface area (Å²) >= 11 is 1.18. The zero-order valence-corrected chi connectivity index (χ0v) is 18.7. The average molecular weight is 460 g/mol. The topological polar surface area (TPSA) is 88.9 Å². The molecule has 0 fully saturated rings. The highest BCUT2D eigenvalue weighted by atomic mass is 32.2. The molecule has 2 amide bonds. The fraction of sp³-hybridized carbons (Fsp3) is 0.273. The minimum atomic E-state index is -0.605. The number of aromatic nitrogens is 3. The molecule has 0 aliphatic heterocycles. The lowest BCUT2D eigenvalue weighted by Gasteiger charge is -2.14. The predicted octanol–water partition coefficient (Wildman–Crippen LogP) is 4.11. The quantitative estimate of drug-likeness (QED) is 0.495. The number of nitrogens with zero attached hydrogens (tertiary/aromatic N) is 3. The van der Waals surface area contributed by atoms with Gasteiger partial charge in [0.2, 0.25) is 5.91 Å². The van der Waals surface area contributed by atoms with Crippen LogP contribution in [0.2, 0.25) is 0 Å². The normalized spacial score (nSPS) is 10.9. The number of hydrogen-bond donors (Lipinski definition) is 2. The highest BCUT2D eigenvalue weighted by Gasteiger charge is 2.18. The summed E-state index contributed by atoms with van der Waals surface area (Å²) < 4.78 is 29.0. The van der Waals surface area contributed by atoms with Gasteiger partial charge >= 0.3 is 0 Å². The van der Waals surface area contributed by atoms with Crippen molar-refractivity contribution in [1.29, 1.82) is 0 Å². The number of nitrogens with one attached hydrogen (secondary N) is 2. The van der Waals surface area contributed by atoms with E-state index in [2.05, 4.69) is 20.8 Å². The van der Waals surface area contributed by atoms with Crippen molar-refractivity contribution in [1.82, 2.24) is 20.1 Å². The Morgan fingerprint density at radius 1 is 1.12 bits per heavy atom. The number of anilines is 1. The average Bonchev–Trinajstić information content (AvgIpc) is 3.16. The van der Waals surface area contributed by atoms with Crippen molar-refractivity contribution < 1.29 is 18.4 Å². The molecule has 0 spiro atoms. The Kier molecular flexibility index (Phi) is 7.57. The number of amides is 2. The highest BCUT2D eigenvalue weighted by molar-refractivity contribution is 7.99. The van der Waals surface area contributed by atoms with Crippen LogP contribution >= 0.6 is 11.8 Å². The molecule has 168 valence electrons. The first kappa shape index (κ1) is 23.4. The van der Waals surface area contributed by atoms with Gasteiger partial charge in [-0.1, -0.05) is 30.0 Å². The zero-order chi connectivity index (χ0) is 23.3. The van der Waals surface area contributed by atoms with Crippen LogP contribution in [-0.4, -0.2) is 32.3 Å². The van der Waals surface area contributed by atoms with Crippen molar-refractivity contribution in [3.63, 3.8) is 0 Å². The Hall–Kier alpha value is -3.27. The summed E-state index contributed by atoms with van der Waals surface area (Å²) in [6, 6.07) is 9.87. The van der Waals surface area contributed by atoms with Crippen LogP contribution in [0.3, 0.4) is 0 Å². The molecule has 0 aliphatic rings. The van der Waals surface area contributed by atoms with E-state index >= 15 is 0 Å². The van der Waals surface area contributed by atoms with Gasteiger partial charge in [-0.05, 0) is 50.6 Å². The lowest BCUT2D eigenvalue weighted by molar-refractivity contribution is -0.113. The van der Waals surface area contributed by atoms with Crippen LogP contribution in [0.25, 0.3) is 0 Å². The largest absolute Gasteiger partial charge is 0.345 e. The molecule has 32 heavy (non-hydrogen) atoms. The number of benzene rings is 2. The molecule has 0 unspecified atom stereocenters. The van der Waals surface area contributed by atoms with Gasteiger partial charge in [-0.3, -0.25) is 9.59 Å². The molecule has 0 radical (unpaired) electrons. The first-order chi connectivity index (χ1) is 15.3. The second-order valence-corrected chi connectivity index (χ2v) is 8.26. The number of rotatable bonds is 8. The number of halogens is 2. The number of aryl methyl sites for hydroxylation is 1. The Morgan fingerprint density at radius 3 is 2.59 bits per heavy atom. The second-order valence-electron chi connectivity index (χ2n) is 7.32. The van der Waals surface area contributed by atoms with E-state index in [9.17, 15) is 18.4 Å². The third kappa shape index (κ3) is 5.70. The molecule has 10 heteroatoms. The first-order valence-corrected chi connectivity index (χ1v) is 10.9. The summed E-state index contributed by atoms with van der Waals surface area (Å²) in [6.07, 6.45) is 0. The molecule has 3 rings (SSSR count). The van der Waals surface area contributed by atoms with Crippen LogP contribution in [0.4, 0.5) is 14.5 Å². The van der Waals surface area contributed by atoms with E-state index in [4.69, 9.17) is 0 Å². The van der Waals surface area contributed by atoms with Crippen molar-refractivity contribution in [2.24, 2.45) is 0 Å². The van der Waals surface area contributed by atoms with Gasteiger partial charge in [-0.25, -0.2) is 8.78 Å². The van der Waals surface area contributed by atoms with Crippen LogP contribution in [-0.2, 0) is 11.3 Å². The number of carbonyl (C=O) groups is 2. The number of hydrogen-bond acceptors (Lipinski definition) is 5. The fourth-order valence-electron chi connectivity index (χ4n) is 2.99. The minimum absolute atomic E-state index is 0.0404. The molecule has 0 saturated heterocycles. The van der Waals surface area contributed by atoms with Crippen molar-refractivity contribution in [3.05, 3.63) is 71.1 Å². The zero-order valence-electron chi connectivity index (χ0n) is 17.9. The molecule has 0 bridgehead atoms. The maximum Gasteiger partial charge on any atom is 0.254 e. The molecule has 1 aromatic heterocycles. The van der Waals surface area contributed by atoms with Crippen LogP contribution < -0.4 is 10.6 Å². The highest BCUT2D eigenvalue weighted by Crippen LogP contribution is 2.23. The Labute approximate surface area is 188 Å². The van der Waals surface area contributed by atoms with Gasteiger partial charge in [0.15, 0.2) is 11.0 Å². The van der Waals surface area contributed by atoms with E-state index in [0.717, 1.165) is 5.56 Å². The van der Waals surface area contributed by atoms with Gasteiger partial charge in [0.1, 0.15) is 11.6 Å². The van der Waals surface area contributed by atoms with Gasteiger partial charge in [-0.15, -0.1) is 10.2 Å². The summed E-state index contributed by atoms with van der Waals surface area (Å²) in [5, 5.41) is 14.1. The summed E-state index contributed by atoms with van der Waals surface area (Å²) in [6.45, 7) is 5.67. The van der Waals surface area contributed by atoms with Gasteiger partial charge in [0.25, 0.3) is 5.91 Å². The van der Waals surface area contributed by atoms with Gasteiger partial charge in [-0.2, -0.15) is 0 Å². The predicted molar refractivity (Wildman–Crippen MR) is 118 cm³/mol. The third-order valence-corrected chi connectivity index (χ3v) is 5.53. The standard InChI is InChI=1S/C22H23F2N5O2S/c1-13(2)29-19(11-25-21(31)16-6-4-5-7-17(16)24)27-28-22(29)32-12-20(30)26-18-10-15(23)9-8-14(18)3/h4-10,13H,11-12H2,1-3H3,(H,25,31)(H,26,30). The molecule has 0 aliphatic carbocycles. The molecule has 7 nitrogen and oxygen atoms in total. The lowest BCUT2D eigenvalue weighted by atomic mass is 10.2. The monoisotopic (exact) mass is 459 g/mol. The summed E-state index contributed by atoms with van der Waals surface area (Å²) in [4.78, 5) is 24.6. The van der Waals surface area contributed by atoms with Crippen LogP contribution in [0.1, 0.15) is 41.6 Å². The molecule has 1 heterocycles. The molecule has 2 aromatic carbocycles. The van der Waals surface area contributed by atoms with Crippen LogP contribution in [0.5, 0.6) is 0 Å². The first-order valence-electron chi connectivity index (χ1n) is 9.91. The van der Waals surface area contributed by atoms with Crippen molar-refractivity contribution in [3.8, 4) is 0 Å².